The largest absolute Gasteiger partial charge is 0.507 e. The number of phenols is 1. The summed E-state index contributed by atoms with van der Waals surface area (Å²) in [6.45, 7) is 6.40. The fourth-order valence-electron chi connectivity index (χ4n) is 2.96. The van der Waals surface area contributed by atoms with Gasteiger partial charge in [-0.2, -0.15) is 0 Å². The van der Waals surface area contributed by atoms with Crippen molar-refractivity contribution in [1.29, 1.82) is 0 Å². The third kappa shape index (κ3) is 3.00. The maximum Gasteiger partial charge on any atom is 0.164 e. The molecule has 0 amide bonds. The Hall–Kier alpha value is -2.26. The van der Waals surface area contributed by atoms with Crippen LogP contribution >= 0.6 is 0 Å². The van der Waals surface area contributed by atoms with Crippen LogP contribution < -0.4 is 10.6 Å². The normalized spacial score (nSPS) is 20.1. The maximum atomic E-state index is 10.2. The number of phenolic OH excluding ortho intramolecular Hbond substituents is 1. The van der Waals surface area contributed by atoms with Crippen molar-refractivity contribution in [1.82, 2.24) is 5.32 Å². The van der Waals surface area contributed by atoms with Crippen LogP contribution in [0.1, 0.15) is 36.6 Å². The van der Waals surface area contributed by atoms with E-state index < -0.39 is 0 Å². The van der Waals surface area contributed by atoms with Gasteiger partial charge >= 0.3 is 0 Å². The lowest BCUT2D eigenvalue weighted by atomic mass is 9.96. The summed E-state index contributed by atoms with van der Waals surface area (Å²) in [5.41, 5.74) is 4.35. The molecule has 0 fully saturated rings. The fourth-order valence-corrected chi connectivity index (χ4v) is 2.96. The third-order valence-electron chi connectivity index (χ3n) is 4.06. The lowest BCUT2D eigenvalue weighted by molar-refractivity contribution is -0.754. The Morgan fingerprint density at radius 2 is 1.73 bits per heavy atom. The van der Waals surface area contributed by atoms with Crippen molar-refractivity contribution < 1.29 is 10.4 Å². The van der Waals surface area contributed by atoms with E-state index >= 15 is 0 Å². The second-order valence-corrected chi connectivity index (χ2v) is 6.54. The van der Waals surface area contributed by atoms with Crippen LogP contribution in [0, 0.1) is 6.92 Å². The van der Waals surface area contributed by atoms with E-state index in [2.05, 4.69) is 61.7 Å². The molecule has 0 saturated heterocycles. The van der Waals surface area contributed by atoms with Gasteiger partial charge in [-0.1, -0.05) is 42.0 Å². The van der Waals surface area contributed by atoms with Crippen LogP contribution in [-0.2, 0) is 0 Å². The first-order valence-electron chi connectivity index (χ1n) is 7.66. The number of aryl methyl sites for hydroxylation is 1. The molecular formula is C19H23N2O+. The van der Waals surface area contributed by atoms with Gasteiger partial charge in [0.15, 0.2) is 5.66 Å². The van der Waals surface area contributed by atoms with E-state index in [1.807, 2.05) is 18.2 Å². The molecule has 3 heteroatoms. The van der Waals surface area contributed by atoms with Gasteiger partial charge < -0.3 is 15.7 Å². The minimum atomic E-state index is -0.137. The maximum absolute atomic E-state index is 10.2. The fraction of sp³-hybridized carbons (Fsp3) is 0.263. The minimum absolute atomic E-state index is 0.0914. The number of hydrogen-bond donors (Lipinski definition) is 3. The van der Waals surface area contributed by atoms with Crippen LogP contribution in [0.25, 0.3) is 5.70 Å². The lowest BCUT2D eigenvalue weighted by Crippen LogP contribution is -3.00. The summed E-state index contributed by atoms with van der Waals surface area (Å²) < 4.78 is 0. The summed E-state index contributed by atoms with van der Waals surface area (Å²) in [5.74, 6) is 0.348. The quantitative estimate of drug-likeness (QED) is 0.798. The molecule has 0 aliphatic carbocycles. The average Bonchev–Trinajstić information content (AvgIpc) is 2.46. The Morgan fingerprint density at radius 1 is 1.05 bits per heavy atom. The van der Waals surface area contributed by atoms with Gasteiger partial charge in [0.25, 0.3) is 0 Å². The number of hydrogen-bond acceptors (Lipinski definition) is 2. The zero-order chi connectivity index (χ0) is 15.7. The van der Waals surface area contributed by atoms with Crippen molar-refractivity contribution >= 4 is 5.70 Å². The van der Waals surface area contributed by atoms with E-state index in [0.717, 1.165) is 11.3 Å². The smallest absolute Gasteiger partial charge is 0.164 e. The topological polar surface area (TPSA) is 48.9 Å². The molecule has 0 bridgehead atoms. The first kappa shape index (κ1) is 14.7. The molecule has 0 radical (unpaired) electrons. The molecule has 1 unspecified atom stereocenters. The number of benzene rings is 2. The molecule has 0 saturated carbocycles. The molecule has 1 aliphatic heterocycles. The van der Waals surface area contributed by atoms with Gasteiger partial charge in [0, 0.05) is 25.6 Å². The predicted molar refractivity (Wildman–Crippen MR) is 89.1 cm³/mol. The first-order chi connectivity index (χ1) is 10.4. The molecule has 114 valence electrons. The zero-order valence-corrected chi connectivity index (χ0v) is 13.3. The van der Waals surface area contributed by atoms with Gasteiger partial charge in [-0.25, -0.2) is 0 Å². The molecule has 0 aromatic heterocycles. The summed E-state index contributed by atoms with van der Waals surface area (Å²) in [6, 6.07) is 16.2. The van der Waals surface area contributed by atoms with Gasteiger partial charge in [0.1, 0.15) is 11.8 Å². The second kappa shape index (κ2) is 5.50. The lowest BCUT2D eigenvalue weighted by Gasteiger charge is -2.35. The molecule has 3 nitrogen and oxygen atoms in total. The Labute approximate surface area is 131 Å². The highest BCUT2D eigenvalue weighted by atomic mass is 16.3. The van der Waals surface area contributed by atoms with Gasteiger partial charge in [-0.15, -0.1) is 0 Å². The second-order valence-electron chi connectivity index (χ2n) is 6.54. The van der Waals surface area contributed by atoms with Crippen molar-refractivity contribution in [2.45, 2.75) is 32.5 Å². The Kier molecular flexibility index (Phi) is 3.67. The van der Waals surface area contributed by atoms with E-state index in [1.54, 1.807) is 6.07 Å². The number of nitrogens with two attached hydrogens (primary N) is 1. The summed E-state index contributed by atoms with van der Waals surface area (Å²) in [7, 11) is 0. The average molecular weight is 295 g/mol. The van der Waals surface area contributed by atoms with Crippen molar-refractivity contribution in [2.24, 2.45) is 0 Å². The van der Waals surface area contributed by atoms with Crippen LogP contribution in [0.2, 0.25) is 0 Å². The molecule has 4 N–H and O–H groups in total. The van der Waals surface area contributed by atoms with Crippen LogP contribution in [0.3, 0.4) is 0 Å². The SMILES string of the molecule is Cc1ccc(C2=CC(c3ccccc3O)[NH2+]C(C)(C)N2)cc1. The molecule has 1 aliphatic rings. The standard InChI is InChI=1S/C19H22N2O/c1-13-8-10-14(11-9-13)16-12-17(21-19(2,3)20-16)15-6-4-5-7-18(15)22/h4-12,17,20-22H,1-3H3/p+1. The Bertz CT molecular complexity index is 702. The summed E-state index contributed by atoms with van der Waals surface area (Å²) >= 11 is 0. The van der Waals surface area contributed by atoms with Gasteiger partial charge in [-0.3, -0.25) is 0 Å². The molecule has 22 heavy (non-hydrogen) atoms. The van der Waals surface area contributed by atoms with Crippen LogP contribution in [-0.4, -0.2) is 10.8 Å². The molecule has 2 aromatic carbocycles. The van der Waals surface area contributed by atoms with Crippen molar-refractivity contribution in [2.75, 3.05) is 0 Å². The summed E-state index contributed by atoms with van der Waals surface area (Å²) in [6.07, 6.45) is 2.19. The van der Waals surface area contributed by atoms with Crippen LogP contribution in [0.5, 0.6) is 5.75 Å². The molecule has 0 spiro atoms. The summed E-state index contributed by atoms with van der Waals surface area (Å²) in [4.78, 5) is 0. The van der Waals surface area contributed by atoms with Crippen molar-refractivity contribution in [3.8, 4) is 5.75 Å². The van der Waals surface area contributed by atoms with E-state index in [1.165, 1.54) is 11.1 Å². The highest BCUT2D eigenvalue weighted by Gasteiger charge is 2.33. The predicted octanol–water partition coefficient (Wildman–Crippen LogP) is 2.69. The molecular weight excluding hydrogens is 272 g/mol. The molecule has 1 heterocycles. The molecule has 3 rings (SSSR count). The Morgan fingerprint density at radius 3 is 2.41 bits per heavy atom. The zero-order valence-electron chi connectivity index (χ0n) is 13.3. The summed E-state index contributed by atoms with van der Waals surface area (Å²) in [5, 5.41) is 16.0. The number of aromatic hydroxyl groups is 1. The first-order valence-corrected chi connectivity index (χ1v) is 7.66. The number of rotatable bonds is 2. The van der Waals surface area contributed by atoms with E-state index in [0.29, 0.717) is 5.75 Å². The monoisotopic (exact) mass is 295 g/mol. The van der Waals surface area contributed by atoms with Crippen molar-refractivity contribution in [3.63, 3.8) is 0 Å². The van der Waals surface area contributed by atoms with Crippen LogP contribution in [0.4, 0.5) is 0 Å². The number of quaternary nitrogens is 1. The minimum Gasteiger partial charge on any atom is -0.507 e. The van der Waals surface area contributed by atoms with Gasteiger partial charge in [0.05, 0.1) is 5.56 Å². The number of para-hydroxylation sites is 1. The highest BCUT2D eigenvalue weighted by Crippen LogP contribution is 2.27. The Balaban J connectivity index is 2.02. The van der Waals surface area contributed by atoms with E-state index in [9.17, 15) is 5.11 Å². The van der Waals surface area contributed by atoms with Gasteiger partial charge in [0.2, 0.25) is 0 Å². The third-order valence-corrected chi connectivity index (χ3v) is 4.06. The van der Waals surface area contributed by atoms with E-state index in [4.69, 9.17) is 0 Å². The van der Waals surface area contributed by atoms with E-state index in [-0.39, 0.29) is 11.7 Å². The van der Waals surface area contributed by atoms with Crippen LogP contribution in [0.15, 0.2) is 54.6 Å². The highest BCUT2D eigenvalue weighted by molar-refractivity contribution is 5.66. The number of nitrogens with one attached hydrogen (secondary N) is 1. The van der Waals surface area contributed by atoms with Gasteiger partial charge in [-0.05, 0) is 24.6 Å². The molecule has 2 aromatic rings. The van der Waals surface area contributed by atoms with Crippen molar-refractivity contribution in [3.05, 3.63) is 71.3 Å². The molecule has 1 atom stereocenters.